The van der Waals surface area contributed by atoms with Crippen molar-refractivity contribution in [2.45, 2.75) is 6.18 Å². The lowest BCUT2D eigenvalue weighted by atomic mass is 10.2. The molecule has 104 valence electrons. The van der Waals surface area contributed by atoms with Crippen molar-refractivity contribution in [3.8, 4) is 0 Å². The molecule has 1 amide bonds. The van der Waals surface area contributed by atoms with Crippen molar-refractivity contribution in [2.75, 3.05) is 13.1 Å². The SMILES string of the molecule is O=C(O)CN(CC(F)(F)F)C(=O)c1ccncc1F. The third-order valence-corrected chi connectivity index (χ3v) is 1.99. The number of amides is 1. The zero-order valence-electron chi connectivity index (χ0n) is 9.32. The molecule has 1 N–H and O–H groups in total. The van der Waals surface area contributed by atoms with Crippen LogP contribution in [0.4, 0.5) is 17.6 Å². The molecule has 0 unspecified atom stereocenters. The maximum absolute atomic E-state index is 13.2. The molecule has 0 aliphatic heterocycles. The summed E-state index contributed by atoms with van der Waals surface area (Å²) in [4.78, 5) is 25.5. The molecule has 0 atom stereocenters. The molecular weight excluding hydrogens is 272 g/mol. The van der Waals surface area contributed by atoms with Crippen molar-refractivity contribution in [1.82, 2.24) is 9.88 Å². The predicted octanol–water partition coefficient (Wildman–Crippen LogP) is 1.31. The minimum absolute atomic E-state index is 0.000741. The fourth-order valence-corrected chi connectivity index (χ4v) is 1.30. The first-order chi connectivity index (χ1) is 8.70. The molecule has 0 radical (unpaired) electrons. The summed E-state index contributed by atoms with van der Waals surface area (Å²) in [5.41, 5.74) is -0.666. The van der Waals surface area contributed by atoms with E-state index in [1.165, 1.54) is 0 Å². The van der Waals surface area contributed by atoms with E-state index in [9.17, 15) is 27.2 Å². The highest BCUT2D eigenvalue weighted by Gasteiger charge is 2.34. The minimum atomic E-state index is -4.78. The topological polar surface area (TPSA) is 70.5 Å². The van der Waals surface area contributed by atoms with Crippen LogP contribution < -0.4 is 0 Å². The standard InChI is InChI=1S/C10H8F4N2O3/c11-7-3-15-2-1-6(7)9(19)16(4-8(17)18)5-10(12,13)14/h1-3H,4-5H2,(H,17,18). The Morgan fingerprint density at radius 1 is 1.37 bits per heavy atom. The molecule has 0 fully saturated rings. The summed E-state index contributed by atoms with van der Waals surface area (Å²) in [6.45, 7) is -2.96. The van der Waals surface area contributed by atoms with Crippen molar-refractivity contribution >= 4 is 11.9 Å². The number of hydrogen-bond donors (Lipinski definition) is 1. The third-order valence-electron chi connectivity index (χ3n) is 1.99. The van der Waals surface area contributed by atoms with Gasteiger partial charge in [-0.2, -0.15) is 13.2 Å². The largest absolute Gasteiger partial charge is 0.480 e. The summed E-state index contributed by atoms with van der Waals surface area (Å²) in [5, 5.41) is 8.48. The van der Waals surface area contributed by atoms with E-state index in [2.05, 4.69) is 4.98 Å². The van der Waals surface area contributed by atoms with E-state index >= 15 is 0 Å². The molecular formula is C10H8F4N2O3. The highest BCUT2D eigenvalue weighted by Crippen LogP contribution is 2.18. The number of aromatic nitrogens is 1. The molecule has 1 rings (SSSR count). The van der Waals surface area contributed by atoms with Crippen LogP contribution in [0, 0.1) is 5.82 Å². The highest BCUT2D eigenvalue weighted by molar-refractivity contribution is 5.96. The second-order valence-corrected chi connectivity index (χ2v) is 3.53. The zero-order valence-corrected chi connectivity index (χ0v) is 9.32. The summed E-state index contributed by atoms with van der Waals surface area (Å²) in [6.07, 6.45) is -3.11. The summed E-state index contributed by atoms with van der Waals surface area (Å²) in [5.74, 6) is -4.11. The number of alkyl halides is 3. The van der Waals surface area contributed by atoms with E-state index < -0.39 is 42.5 Å². The van der Waals surface area contributed by atoms with E-state index in [4.69, 9.17) is 5.11 Å². The van der Waals surface area contributed by atoms with Gasteiger partial charge < -0.3 is 10.0 Å². The minimum Gasteiger partial charge on any atom is -0.480 e. The second kappa shape index (κ2) is 5.63. The van der Waals surface area contributed by atoms with Gasteiger partial charge in [-0.3, -0.25) is 14.6 Å². The maximum atomic E-state index is 13.2. The Hall–Kier alpha value is -2.19. The Labute approximate surface area is 104 Å². The Morgan fingerprint density at radius 2 is 2.00 bits per heavy atom. The quantitative estimate of drug-likeness (QED) is 0.844. The molecule has 0 aromatic carbocycles. The van der Waals surface area contributed by atoms with E-state index in [1.54, 1.807) is 0 Å². The molecule has 5 nitrogen and oxygen atoms in total. The monoisotopic (exact) mass is 280 g/mol. The first-order valence-corrected chi connectivity index (χ1v) is 4.88. The number of aliphatic carboxylic acids is 1. The fourth-order valence-electron chi connectivity index (χ4n) is 1.30. The van der Waals surface area contributed by atoms with Crippen LogP contribution in [0.2, 0.25) is 0 Å². The van der Waals surface area contributed by atoms with Gasteiger partial charge in [0.15, 0.2) is 5.82 Å². The number of carboxylic acid groups (broad SMARTS) is 1. The summed E-state index contributed by atoms with van der Waals surface area (Å²) in [6, 6.07) is 0.878. The van der Waals surface area contributed by atoms with Crippen LogP contribution in [0.3, 0.4) is 0 Å². The molecule has 1 heterocycles. The number of rotatable bonds is 4. The molecule has 0 bridgehead atoms. The average molecular weight is 280 g/mol. The lowest BCUT2D eigenvalue weighted by Gasteiger charge is -2.22. The lowest BCUT2D eigenvalue weighted by molar-refractivity contribution is -0.149. The third kappa shape index (κ3) is 4.53. The number of pyridine rings is 1. The molecule has 0 saturated heterocycles. The van der Waals surface area contributed by atoms with Crippen molar-refractivity contribution < 1.29 is 32.3 Å². The van der Waals surface area contributed by atoms with Gasteiger partial charge in [-0.1, -0.05) is 0 Å². The Bertz CT molecular complexity index is 490. The number of carboxylic acids is 1. The molecule has 19 heavy (non-hydrogen) atoms. The van der Waals surface area contributed by atoms with E-state index in [-0.39, 0.29) is 4.90 Å². The average Bonchev–Trinajstić information content (AvgIpc) is 2.25. The number of halogens is 4. The Kier molecular flexibility index (Phi) is 4.41. The first-order valence-electron chi connectivity index (χ1n) is 4.88. The van der Waals surface area contributed by atoms with Crippen molar-refractivity contribution in [3.63, 3.8) is 0 Å². The van der Waals surface area contributed by atoms with Crippen LogP contribution >= 0.6 is 0 Å². The van der Waals surface area contributed by atoms with Gasteiger partial charge in [-0.25, -0.2) is 4.39 Å². The number of carbonyl (C=O) groups is 2. The van der Waals surface area contributed by atoms with Crippen molar-refractivity contribution in [3.05, 3.63) is 29.8 Å². The number of carbonyl (C=O) groups excluding carboxylic acids is 1. The molecule has 0 aliphatic rings. The van der Waals surface area contributed by atoms with Gasteiger partial charge in [0, 0.05) is 6.20 Å². The van der Waals surface area contributed by atoms with Gasteiger partial charge in [0.2, 0.25) is 0 Å². The van der Waals surface area contributed by atoms with Gasteiger partial charge in [0.1, 0.15) is 13.1 Å². The van der Waals surface area contributed by atoms with Gasteiger partial charge in [0.25, 0.3) is 5.91 Å². The smallest absolute Gasteiger partial charge is 0.406 e. The van der Waals surface area contributed by atoms with Crippen molar-refractivity contribution in [2.24, 2.45) is 0 Å². The molecule has 0 spiro atoms. The summed E-state index contributed by atoms with van der Waals surface area (Å²) in [7, 11) is 0. The fraction of sp³-hybridized carbons (Fsp3) is 0.300. The predicted molar refractivity (Wildman–Crippen MR) is 53.8 cm³/mol. The van der Waals surface area contributed by atoms with Crippen LogP contribution in [0.5, 0.6) is 0 Å². The molecule has 9 heteroatoms. The summed E-state index contributed by atoms with van der Waals surface area (Å²) < 4.78 is 50.0. The number of hydrogen-bond acceptors (Lipinski definition) is 3. The van der Waals surface area contributed by atoms with Gasteiger partial charge in [-0.05, 0) is 6.07 Å². The van der Waals surface area contributed by atoms with E-state index in [0.29, 0.717) is 6.20 Å². The highest BCUT2D eigenvalue weighted by atomic mass is 19.4. The lowest BCUT2D eigenvalue weighted by Crippen LogP contribution is -2.42. The van der Waals surface area contributed by atoms with Crippen LogP contribution in [0.1, 0.15) is 10.4 Å². The zero-order chi connectivity index (χ0) is 14.6. The van der Waals surface area contributed by atoms with Gasteiger partial charge in [0.05, 0.1) is 11.8 Å². The van der Waals surface area contributed by atoms with Gasteiger partial charge in [-0.15, -0.1) is 0 Å². The van der Waals surface area contributed by atoms with Crippen LogP contribution in [0.25, 0.3) is 0 Å². The summed E-state index contributed by atoms with van der Waals surface area (Å²) >= 11 is 0. The Balaban J connectivity index is 3.01. The van der Waals surface area contributed by atoms with Crippen LogP contribution in [-0.4, -0.2) is 46.1 Å². The molecule has 1 aromatic rings. The molecule has 1 aromatic heterocycles. The molecule has 0 aliphatic carbocycles. The van der Waals surface area contributed by atoms with Crippen LogP contribution in [0.15, 0.2) is 18.5 Å². The number of nitrogens with zero attached hydrogens (tertiary/aromatic N) is 2. The molecule has 0 saturated carbocycles. The first kappa shape index (κ1) is 14.9. The normalized spacial score (nSPS) is 11.2. The second-order valence-electron chi connectivity index (χ2n) is 3.53. The maximum Gasteiger partial charge on any atom is 0.406 e. The van der Waals surface area contributed by atoms with E-state index in [0.717, 1.165) is 12.3 Å². The van der Waals surface area contributed by atoms with Crippen molar-refractivity contribution in [1.29, 1.82) is 0 Å². The van der Waals surface area contributed by atoms with Gasteiger partial charge >= 0.3 is 12.1 Å². The van der Waals surface area contributed by atoms with Crippen LogP contribution in [-0.2, 0) is 4.79 Å². The Morgan fingerprint density at radius 3 is 2.47 bits per heavy atom. The van der Waals surface area contributed by atoms with E-state index in [1.807, 2.05) is 0 Å².